The maximum Gasteiger partial charge on any atom is 0.193 e. The predicted molar refractivity (Wildman–Crippen MR) is 122 cm³/mol. The lowest BCUT2D eigenvalue weighted by Gasteiger charge is -2.35. The molecule has 0 aromatic carbocycles. The Balaban J connectivity index is 1.43. The SMILES string of the molecule is CCNC(=NCC1CCN(Cc2csc(CC)n2)CC1)N1CCC(OCC)CC1. The van der Waals surface area contributed by atoms with Crippen molar-refractivity contribution in [3.8, 4) is 0 Å². The van der Waals surface area contributed by atoms with Gasteiger partial charge in [0.05, 0.1) is 16.8 Å². The van der Waals surface area contributed by atoms with Gasteiger partial charge in [-0.05, 0) is 65.0 Å². The van der Waals surface area contributed by atoms with Crippen LogP contribution < -0.4 is 5.32 Å². The number of guanidine groups is 1. The molecule has 0 saturated carbocycles. The second kappa shape index (κ2) is 11.9. The summed E-state index contributed by atoms with van der Waals surface area (Å²) in [5.41, 5.74) is 1.24. The number of ether oxygens (including phenoxy) is 1. The zero-order valence-electron chi connectivity index (χ0n) is 18.5. The molecule has 6 nitrogen and oxygen atoms in total. The van der Waals surface area contributed by atoms with Gasteiger partial charge in [0.1, 0.15) is 0 Å². The lowest BCUT2D eigenvalue weighted by atomic mass is 9.97. The first kappa shape index (κ1) is 22.5. The quantitative estimate of drug-likeness (QED) is 0.515. The predicted octanol–water partition coefficient (Wildman–Crippen LogP) is 3.38. The fourth-order valence-electron chi connectivity index (χ4n) is 4.25. The summed E-state index contributed by atoms with van der Waals surface area (Å²) < 4.78 is 5.79. The first-order valence-electron chi connectivity index (χ1n) is 11.5. The number of likely N-dealkylation sites (tertiary alicyclic amines) is 2. The molecule has 2 fully saturated rings. The molecule has 3 rings (SSSR count). The molecule has 0 atom stereocenters. The summed E-state index contributed by atoms with van der Waals surface area (Å²) in [6.45, 7) is 14.5. The van der Waals surface area contributed by atoms with Crippen LogP contribution in [0, 0.1) is 5.92 Å². The number of hydrogen-bond acceptors (Lipinski definition) is 5. The van der Waals surface area contributed by atoms with Crippen molar-refractivity contribution in [2.45, 2.75) is 65.5 Å². The zero-order chi connectivity index (χ0) is 20.5. The van der Waals surface area contributed by atoms with Crippen LogP contribution in [0.1, 0.15) is 57.2 Å². The number of rotatable bonds is 8. The average Bonchev–Trinajstić information content (AvgIpc) is 3.21. The smallest absolute Gasteiger partial charge is 0.193 e. The van der Waals surface area contributed by atoms with Gasteiger partial charge in [0.25, 0.3) is 0 Å². The second-order valence-corrected chi connectivity index (χ2v) is 9.08. The molecule has 1 aromatic rings. The minimum Gasteiger partial charge on any atom is -0.378 e. The number of thiazole rings is 1. The van der Waals surface area contributed by atoms with Crippen LogP contribution >= 0.6 is 11.3 Å². The molecule has 164 valence electrons. The van der Waals surface area contributed by atoms with Crippen molar-refractivity contribution < 1.29 is 4.74 Å². The van der Waals surface area contributed by atoms with Crippen molar-refractivity contribution in [3.05, 3.63) is 16.1 Å². The van der Waals surface area contributed by atoms with E-state index in [-0.39, 0.29) is 0 Å². The van der Waals surface area contributed by atoms with E-state index in [4.69, 9.17) is 14.7 Å². The highest BCUT2D eigenvalue weighted by Crippen LogP contribution is 2.21. The topological polar surface area (TPSA) is 53.0 Å². The maximum absolute atomic E-state index is 5.79. The Morgan fingerprint density at radius 1 is 1.17 bits per heavy atom. The third-order valence-electron chi connectivity index (χ3n) is 5.97. The Hall–Kier alpha value is -1.18. The van der Waals surface area contributed by atoms with Gasteiger partial charge < -0.3 is 15.0 Å². The summed E-state index contributed by atoms with van der Waals surface area (Å²) in [6.07, 6.45) is 6.15. The number of nitrogens with zero attached hydrogens (tertiary/aromatic N) is 4. The second-order valence-electron chi connectivity index (χ2n) is 8.14. The highest BCUT2D eigenvalue weighted by atomic mass is 32.1. The van der Waals surface area contributed by atoms with Crippen molar-refractivity contribution in [2.24, 2.45) is 10.9 Å². The summed E-state index contributed by atoms with van der Waals surface area (Å²) in [5, 5.41) is 6.99. The van der Waals surface area contributed by atoms with E-state index in [1.165, 1.54) is 23.5 Å². The van der Waals surface area contributed by atoms with Crippen LogP contribution in [0.2, 0.25) is 0 Å². The summed E-state index contributed by atoms with van der Waals surface area (Å²) in [4.78, 5) is 14.7. The molecule has 2 aliphatic heterocycles. The molecule has 2 aliphatic rings. The molecule has 3 heterocycles. The average molecular weight is 422 g/mol. The van der Waals surface area contributed by atoms with Gasteiger partial charge >= 0.3 is 0 Å². The van der Waals surface area contributed by atoms with Gasteiger partial charge in [0, 0.05) is 44.7 Å². The standard InChI is InChI=1S/C22H39N5OS/c1-4-21-25-19(17-29-21)16-26-11-7-18(8-12-26)15-24-22(23-5-2)27-13-9-20(10-14-27)28-6-3/h17-18,20H,4-16H2,1-3H3,(H,23,24). The number of nitrogens with one attached hydrogen (secondary N) is 1. The first-order chi connectivity index (χ1) is 14.2. The van der Waals surface area contributed by atoms with E-state index in [9.17, 15) is 0 Å². The van der Waals surface area contributed by atoms with Gasteiger partial charge in [-0.25, -0.2) is 4.98 Å². The number of aromatic nitrogens is 1. The van der Waals surface area contributed by atoms with Gasteiger partial charge in [0.15, 0.2) is 5.96 Å². The molecule has 0 aliphatic carbocycles. The van der Waals surface area contributed by atoms with Crippen molar-refractivity contribution in [3.63, 3.8) is 0 Å². The fraction of sp³-hybridized carbons (Fsp3) is 0.818. The van der Waals surface area contributed by atoms with E-state index in [0.29, 0.717) is 12.0 Å². The number of aryl methyl sites for hydroxylation is 1. The molecule has 1 aromatic heterocycles. The van der Waals surface area contributed by atoms with Crippen LogP contribution in [0.4, 0.5) is 0 Å². The Labute approximate surface area is 180 Å². The Kier molecular flexibility index (Phi) is 9.21. The lowest BCUT2D eigenvalue weighted by Crippen LogP contribution is -2.47. The Morgan fingerprint density at radius 2 is 1.93 bits per heavy atom. The largest absolute Gasteiger partial charge is 0.378 e. The molecule has 0 spiro atoms. The Morgan fingerprint density at radius 3 is 2.55 bits per heavy atom. The van der Waals surface area contributed by atoms with Crippen LogP contribution in [0.3, 0.4) is 0 Å². The summed E-state index contributed by atoms with van der Waals surface area (Å²) in [6, 6.07) is 0. The molecule has 0 unspecified atom stereocenters. The summed E-state index contributed by atoms with van der Waals surface area (Å²) in [5.74, 6) is 1.79. The van der Waals surface area contributed by atoms with Gasteiger partial charge in [0.2, 0.25) is 0 Å². The van der Waals surface area contributed by atoms with E-state index < -0.39 is 0 Å². The van der Waals surface area contributed by atoms with Crippen molar-refractivity contribution in [2.75, 3.05) is 45.9 Å². The molecular formula is C22H39N5OS. The molecule has 7 heteroatoms. The molecule has 1 N–H and O–H groups in total. The van der Waals surface area contributed by atoms with Gasteiger partial charge in [-0.15, -0.1) is 11.3 Å². The highest BCUT2D eigenvalue weighted by molar-refractivity contribution is 7.09. The van der Waals surface area contributed by atoms with Crippen molar-refractivity contribution >= 4 is 17.3 Å². The molecule has 0 bridgehead atoms. The minimum absolute atomic E-state index is 0.426. The molecule has 29 heavy (non-hydrogen) atoms. The number of hydrogen-bond donors (Lipinski definition) is 1. The van der Waals surface area contributed by atoms with E-state index in [1.807, 2.05) is 0 Å². The van der Waals surface area contributed by atoms with Gasteiger partial charge in [-0.1, -0.05) is 6.92 Å². The molecule has 0 radical (unpaired) electrons. The van der Waals surface area contributed by atoms with Crippen LogP contribution in [0.5, 0.6) is 0 Å². The normalized spacial score (nSPS) is 20.4. The van der Waals surface area contributed by atoms with E-state index in [0.717, 1.165) is 77.6 Å². The van der Waals surface area contributed by atoms with Crippen molar-refractivity contribution in [1.82, 2.24) is 20.1 Å². The maximum atomic E-state index is 5.79. The van der Waals surface area contributed by atoms with E-state index in [2.05, 4.69) is 41.3 Å². The third kappa shape index (κ3) is 6.93. The van der Waals surface area contributed by atoms with Crippen LogP contribution in [-0.4, -0.2) is 72.7 Å². The molecule has 0 amide bonds. The highest BCUT2D eigenvalue weighted by Gasteiger charge is 2.23. The Bertz CT molecular complexity index is 618. The van der Waals surface area contributed by atoms with E-state index in [1.54, 1.807) is 11.3 Å². The lowest BCUT2D eigenvalue weighted by molar-refractivity contribution is 0.0263. The molecule has 2 saturated heterocycles. The van der Waals surface area contributed by atoms with Gasteiger partial charge in [-0.2, -0.15) is 0 Å². The van der Waals surface area contributed by atoms with Crippen molar-refractivity contribution in [1.29, 1.82) is 0 Å². The summed E-state index contributed by atoms with van der Waals surface area (Å²) >= 11 is 1.80. The van der Waals surface area contributed by atoms with Crippen LogP contribution in [0.15, 0.2) is 10.4 Å². The zero-order valence-corrected chi connectivity index (χ0v) is 19.3. The molecular weight excluding hydrogens is 382 g/mol. The summed E-state index contributed by atoms with van der Waals surface area (Å²) in [7, 11) is 0. The minimum atomic E-state index is 0.426. The van der Waals surface area contributed by atoms with Crippen LogP contribution in [0.25, 0.3) is 0 Å². The fourth-order valence-corrected chi connectivity index (χ4v) is 4.99. The monoisotopic (exact) mass is 421 g/mol. The van der Waals surface area contributed by atoms with Crippen LogP contribution in [-0.2, 0) is 17.7 Å². The third-order valence-corrected chi connectivity index (χ3v) is 7.01. The van der Waals surface area contributed by atoms with E-state index >= 15 is 0 Å². The van der Waals surface area contributed by atoms with Gasteiger partial charge in [-0.3, -0.25) is 9.89 Å². The first-order valence-corrected chi connectivity index (χ1v) is 12.4. The number of aliphatic imine (C=N–C) groups is 1. The number of piperidine rings is 2.